The Bertz CT molecular complexity index is 1200. The number of hydrogen-bond acceptors (Lipinski definition) is 6. The number of carbonyl (C=O) groups is 2. The molecule has 0 bridgehead atoms. The molecular formula is C29H33NO5S. The predicted molar refractivity (Wildman–Crippen MR) is 146 cm³/mol. The molecule has 0 radical (unpaired) electrons. The van der Waals surface area contributed by atoms with Gasteiger partial charge >= 0.3 is 5.97 Å². The van der Waals surface area contributed by atoms with E-state index in [0.717, 1.165) is 34.4 Å². The van der Waals surface area contributed by atoms with Crippen LogP contribution in [0.5, 0.6) is 11.5 Å². The van der Waals surface area contributed by atoms with E-state index in [-0.39, 0.29) is 5.91 Å². The molecule has 0 unspecified atom stereocenters. The van der Waals surface area contributed by atoms with Gasteiger partial charge in [0, 0.05) is 16.5 Å². The summed E-state index contributed by atoms with van der Waals surface area (Å²) in [5.41, 5.74) is 2.81. The standard InChI is InChI=1S/C29H33NO5S/c1-5-6-7-11-18-35-23-16-14-21(19-24(23)33-3)15-17-25(31)30-28-27(29(32)34-4)26(20(2)36-28)22-12-9-8-10-13-22/h8-10,12-17,19H,5-7,11,18H2,1-4H3,(H,30,31)/b17-15+. The molecule has 0 aliphatic carbocycles. The van der Waals surface area contributed by atoms with Crippen LogP contribution in [0.1, 0.15) is 53.4 Å². The molecule has 0 aliphatic heterocycles. The van der Waals surface area contributed by atoms with Gasteiger partial charge in [0.1, 0.15) is 10.6 Å². The third kappa shape index (κ3) is 6.98. The number of unbranched alkanes of at least 4 members (excludes halogenated alkanes) is 3. The maximum Gasteiger partial charge on any atom is 0.341 e. The summed E-state index contributed by atoms with van der Waals surface area (Å²) >= 11 is 1.35. The van der Waals surface area contributed by atoms with Crippen LogP contribution in [-0.2, 0) is 9.53 Å². The molecule has 36 heavy (non-hydrogen) atoms. The summed E-state index contributed by atoms with van der Waals surface area (Å²) in [6.45, 7) is 4.74. The topological polar surface area (TPSA) is 73.9 Å². The summed E-state index contributed by atoms with van der Waals surface area (Å²) in [6, 6.07) is 15.1. The zero-order valence-electron chi connectivity index (χ0n) is 21.3. The Morgan fingerprint density at radius 3 is 2.47 bits per heavy atom. The maximum atomic E-state index is 12.8. The molecule has 0 saturated carbocycles. The molecule has 1 amide bonds. The molecule has 0 saturated heterocycles. The smallest absolute Gasteiger partial charge is 0.341 e. The van der Waals surface area contributed by atoms with Crippen molar-refractivity contribution in [3.63, 3.8) is 0 Å². The first-order valence-corrected chi connectivity index (χ1v) is 12.9. The quantitative estimate of drug-likeness (QED) is 0.160. The number of carbonyl (C=O) groups excluding carboxylic acids is 2. The van der Waals surface area contributed by atoms with Gasteiger partial charge in [0.2, 0.25) is 5.91 Å². The highest BCUT2D eigenvalue weighted by Crippen LogP contribution is 2.40. The summed E-state index contributed by atoms with van der Waals surface area (Å²) in [5.74, 6) is 0.451. The first kappa shape index (κ1) is 27.0. The van der Waals surface area contributed by atoms with E-state index in [4.69, 9.17) is 14.2 Å². The number of aryl methyl sites for hydroxylation is 1. The molecule has 0 fully saturated rings. The molecule has 3 rings (SSSR count). The fraction of sp³-hybridized carbons (Fsp3) is 0.310. The van der Waals surface area contributed by atoms with E-state index in [1.807, 2.05) is 55.5 Å². The Balaban J connectivity index is 1.74. The number of amides is 1. The van der Waals surface area contributed by atoms with Crippen LogP contribution in [0, 0.1) is 6.92 Å². The largest absolute Gasteiger partial charge is 0.493 e. The Morgan fingerprint density at radius 2 is 1.78 bits per heavy atom. The van der Waals surface area contributed by atoms with Gasteiger partial charge in [-0.15, -0.1) is 11.3 Å². The molecule has 190 valence electrons. The van der Waals surface area contributed by atoms with Gasteiger partial charge in [-0.2, -0.15) is 0 Å². The third-order valence-electron chi connectivity index (χ3n) is 5.64. The van der Waals surface area contributed by atoms with Gasteiger partial charge in [-0.05, 0) is 42.7 Å². The molecule has 1 N–H and O–H groups in total. The Morgan fingerprint density at radius 1 is 1.00 bits per heavy atom. The number of thiophene rings is 1. The van der Waals surface area contributed by atoms with Crippen LogP contribution in [0.4, 0.5) is 5.00 Å². The van der Waals surface area contributed by atoms with Crippen molar-refractivity contribution in [3.8, 4) is 22.6 Å². The first-order valence-electron chi connectivity index (χ1n) is 12.1. The third-order valence-corrected chi connectivity index (χ3v) is 6.66. The molecule has 7 heteroatoms. The van der Waals surface area contributed by atoms with Crippen molar-refractivity contribution in [2.45, 2.75) is 39.5 Å². The minimum Gasteiger partial charge on any atom is -0.493 e. The van der Waals surface area contributed by atoms with Gasteiger partial charge in [0.15, 0.2) is 11.5 Å². The maximum absolute atomic E-state index is 12.8. The van der Waals surface area contributed by atoms with E-state index >= 15 is 0 Å². The van der Waals surface area contributed by atoms with Crippen molar-refractivity contribution in [1.82, 2.24) is 0 Å². The van der Waals surface area contributed by atoms with Crippen LogP contribution < -0.4 is 14.8 Å². The lowest BCUT2D eigenvalue weighted by Crippen LogP contribution is -2.11. The summed E-state index contributed by atoms with van der Waals surface area (Å²) in [7, 11) is 2.93. The number of esters is 1. The molecule has 1 aromatic heterocycles. The second kappa shape index (κ2) is 13.5. The zero-order chi connectivity index (χ0) is 25.9. The van der Waals surface area contributed by atoms with E-state index in [2.05, 4.69) is 12.2 Å². The number of methoxy groups -OCH3 is 2. The van der Waals surface area contributed by atoms with Crippen molar-refractivity contribution < 1.29 is 23.8 Å². The van der Waals surface area contributed by atoms with Crippen LogP contribution in [-0.4, -0.2) is 32.7 Å². The average Bonchev–Trinajstić information content (AvgIpc) is 3.22. The Labute approximate surface area is 216 Å². The van der Waals surface area contributed by atoms with Crippen molar-refractivity contribution in [2.24, 2.45) is 0 Å². The first-order chi connectivity index (χ1) is 17.5. The predicted octanol–water partition coefficient (Wildman–Crippen LogP) is 7.13. The number of benzene rings is 2. The minimum absolute atomic E-state index is 0.351. The van der Waals surface area contributed by atoms with Crippen molar-refractivity contribution >= 4 is 34.3 Å². The summed E-state index contributed by atoms with van der Waals surface area (Å²) in [6.07, 6.45) is 7.65. The van der Waals surface area contributed by atoms with E-state index in [1.54, 1.807) is 13.2 Å². The fourth-order valence-corrected chi connectivity index (χ4v) is 4.89. The fourth-order valence-electron chi connectivity index (χ4n) is 3.83. The number of hydrogen-bond donors (Lipinski definition) is 1. The highest BCUT2D eigenvalue weighted by Gasteiger charge is 2.24. The molecule has 1 heterocycles. The van der Waals surface area contributed by atoms with Crippen molar-refractivity contribution in [2.75, 3.05) is 26.1 Å². The van der Waals surface area contributed by atoms with Gasteiger partial charge < -0.3 is 19.5 Å². The number of nitrogens with one attached hydrogen (secondary N) is 1. The molecule has 0 spiro atoms. The lowest BCUT2D eigenvalue weighted by molar-refractivity contribution is -0.111. The number of rotatable bonds is 12. The lowest BCUT2D eigenvalue weighted by atomic mass is 10.0. The normalized spacial score (nSPS) is 10.9. The minimum atomic E-state index is -0.493. The van der Waals surface area contributed by atoms with Gasteiger partial charge in [-0.1, -0.05) is 62.6 Å². The zero-order valence-corrected chi connectivity index (χ0v) is 22.1. The number of anilines is 1. The summed E-state index contributed by atoms with van der Waals surface area (Å²) in [5, 5.41) is 3.30. The molecule has 0 aliphatic rings. The van der Waals surface area contributed by atoms with Crippen LogP contribution in [0.2, 0.25) is 0 Å². The highest BCUT2D eigenvalue weighted by molar-refractivity contribution is 7.17. The van der Waals surface area contributed by atoms with Gasteiger partial charge in [-0.3, -0.25) is 4.79 Å². The van der Waals surface area contributed by atoms with Crippen molar-refractivity contribution in [3.05, 3.63) is 70.6 Å². The monoisotopic (exact) mass is 507 g/mol. The molecule has 0 atom stereocenters. The average molecular weight is 508 g/mol. The van der Waals surface area contributed by atoms with Crippen LogP contribution in [0.15, 0.2) is 54.6 Å². The molecule has 3 aromatic rings. The van der Waals surface area contributed by atoms with E-state index in [1.165, 1.54) is 37.4 Å². The van der Waals surface area contributed by atoms with Crippen LogP contribution in [0.25, 0.3) is 17.2 Å². The van der Waals surface area contributed by atoms with Crippen LogP contribution >= 0.6 is 11.3 Å². The molecule has 2 aromatic carbocycles. The van der Waals surface area contributed by atoms with Gasteiger partial charge in [0.05, 0.1) is 20.8 Å². The lowest BCUT2D eigenvalue weighted by Gasteiger charge is -2.11. The summed E-state index contributed by atoms with van der Waals surface area (Å²) in [4.78, 5) is 26.3. The Hall–Kier alpha value is -3.58. The van der Waals surface area contributed by atoms with Crippen molar-refractivity contribution in [1.29, 1.82) is 0 Å². The SMILES string of the molecule is CCCCCCOc1ccc(/C=C/C(=O)Nc2sc(C)c(-c3ccccc3)c2C(=O)OC)cc1OC. The van der Waals surface area contributed by atoms with Gasteiger partial charge in [-0.25, -0.2) is 4.79 Å². The van der Waals surface area contributed by atoms with E-state index in [0.29, 0.717) is 28.7 Å². The second-order valence-corrected chi connectivity index (χ2v) is 9.46. The Kier molecular flexibility index (Phi) is 10.1. The number of ether oxygens (including phenoxy) is 3. The summed E-state index contributed by atoms with van der Waals surface area (Å²) < 4.78 is 16.3. The van der Waals surface area contributed by atoms with E-state index < -0.39 is 5.97 Å². The highest BCUT2D eigenvalue weighted by atomic mass is 32.1. The van der Waals surface area contributed by atoms with Crippen LogP contribution in [0.3, 0.4) is 0 Å². The second-order valence-electron chi connectivity index (χ2n) is 8.24. The van der Waals surface area contributed by atoms with E-state index in [9.17, 15) is 9.59 Å². The molecular weight excluding hydrogens is 474 g/mol. The van der Waals surface area contributed by atoms with Gasteiger partial charge in [0.25, 0.3) is 0 Å². The molecule has 6 nitrogen and oxygen atoms in total.